The monoisotopic (exact) mass is 690 g/mol. The zero-order valence-electron chi connectivity index (χ0n) is 29.4. The molecular weight excluding hydrogens is 657 g/mol. The van der Waals surface area contributed by atoms with Crippen molar-refractivity contribution in [2.24, 2.45) is 0 Å². The molecule has 0 spiro atoms. The Morgan fingerprint density at radius 3 is 0.963 bits per heavy atom. The van der Waals surface area contributed by atoms with Gasteiger partial charge < -0.3 is 0 Å². The lowest BCUT2D eigenvalue weighted by Crippen LogP contribution is -2.01. The molecule has 0 aliphatic carbocycles. The van der Waals surface area contributed by atoms with Gasteiger partial charge in [0.1, 0.15) is 0 Å². The molecule has 0 amide bonds. The first-order valence-corrected chi connectivity index (χ1v) is 18.1. The van der Waals surface area contributed by atoms with Gasteiger partial charge >= 0.3 is 0 Å². The Kier molecular flexibility index (Phi) is 8.90. The summed E-state index contributed by atoms with van der Waals surface area (Å²) in [6, 6.07) is 70.7. The highest BCUT2D eigenvalue weighted by molar-refractivity contribution is 5.87. The lowest BCUT2D eigenvalue weighted by Gasteiger charge is -2.16. The van der Waals surface area contributed by atoms with E-state index in [2.05, 4.69) is 115 Å². The first kappa shape index (κ1) is 32.6. The van der Waals surface area contributed by atoms with E-state index >= 15 is 0 Å². The van der Waals surface area contributed by atoms with Gasteiger partial charge in [0, 0.05) is 38.9 Å². The molecule has 0 N–H and O–H groups in total. The van der Waals surface area contributed by atoms with Crippen molar-refractivity contribution in [3.05, 3.63) is 206 Å². The molecule has 0 unspecified atom stereocenters. The minimum atomic E-state index is 0.685. The molecule has 54 heavy (non-hydrogen) atoms. The lowest BCUT2D eigenvalue weighted by atomic mass is 9.96. The number of rotatable bonds is 8. The maximum absolute atomic E-state index is 5.44. The average molecular weight is 691 g/mol. The van der Waals surface area contributed by atoms with E-state index in [1.54, 1.807) is 0 Å². The van der Waals surface area contributed by atoms with E-state index in [9.17, 15) is 0 Å². The predicted octanol–water partition coefficient (Wildman–Crippen LogP) is 12.6. The summed E-state index contributed by atoms with van der Waals surface area (Å²) in [6.07, 6.45) is 0. The van der Waals surface area contributed by atoms with Gasteiger partial charge in [0.05, 0.1) is 34.2 Å². The second-order valence-corrected chi connectivity index (χ2v) is 13.1. The van der Waals surface area contributed by atoms with Crippen LogP contribution in [-0.4, -0.2) is 19.9 Å². The van der Waals surface area contributed by atoms with E-state index < -0.39 is 0 Å². The first-order valence-electron chi connectivity index (χ1n) is 18.1. The molecular formula is C50H34N4. The Morgan fingerprint density at radius 1 is 0.204 bits per heavy atom. The molecule has 0 fully saturated rings. The maximum atomic E-state index is 5.44. The van der Waals surface area contributed by atoms with E-state index in [-0.39, 0.29) is 0 Å². The van der Waals surface area contributed by atoms with Crippen LogP contribution in [0.25, 0.3) is 90.1 Å². The Hall–Kier alpha value is -7.30. The van der Waals surface area contributed by atoms with Gasteiger partial charge in [0.15, 0.2) is 5.82 Å². The minimum Gasteiger partial charge on any atom is -0.243 e. The van der Waals surface area contributed by atoms with Crippen molar-refractivity contribution >= 4 is 0 Å². The lowest BCUT2D eigenvalue weighted by molar-refractivity contribution is 1.18. The first-order chi connectivity index (χ1) is 26.8. The third-order valence-electron chi connectivity index (χ3n) is 9.52. The van der Waals surface area contributed by atoms with Crippen LogP contribution in [-0.2, 0) is 0 Å². The third-order valence-corrected chi connectivity index (χ3v) is 9.52. The van der Waals surface area contributed by atoms with Crippen molar-refractivity contribution in [1.29, 1.82) is 0 Å². The van der Waals surface area contributed by atoms with E-state index in [0.717, 1.165) is 84.2 Å². The van der Waals surface area contributed by atoms with Crippen molar-refractivity contribution < 1.29 is 0 Å². The zero-order valence-corrected chi connectivity index (χ0v) is 29.4. The van der Waals surface area contributed by atoms with Crippen molar-refractivity contribution in [3.63, 3.8) is 0 Å². The Balaban J connectivity index is 1.13. The molecule has 0 saturated heterocycles. The second kappa shape index (κ2) is 14.7. The summed E-state index contributed by atoms with van der Waals surface area (Å²) in [5.74, 6) is 0.685. The predicted molar refractivity (Wildman–Crippen MR) is 221 cm³/mol. The average Bonchev–Trinajstić information content (AvgIpc) is 3.27. The normalized spacial score (nSPS) is 11.0. The van der Waals surface area contributed by atoms with Crippen molar-refractivity contribution in [2.45, 2.75) is 0 Å². The smallest absolute Gasteiger partial charge is 0.160 e. The molecule has 254 valence electrons. The number of benzene rings is 7. The summed E-state index contributed by atoms with van der Waals surface area (Å²) in [6.45, 7) is 0. The zero-order chi connectivity index (χ0) is 36.1. The van der Waals surface area contributed by atoms with Gasteiger partial charge in [0.2, 0.25) is 0 Å². The van der Waals surface area contributed by atoms with Crippen LogP contribution >= 0.6 is 0 Å². The van der Waals surface area contributed by atoms with Gasteiger partial charge in [-0.15, -0.1) is 0 Å². The number of nitrogens with zero attached hydrogens (tertiary/aromatic N) is 4. The highest BCUT2D eigenvalue weighted by Crippen LogP contribution is 2.38. The summed E-state index contributed by atoms with van der Waals surface area (Å²) in [7, 11) is 0. The molecule has 2 aromatic heterocycles. The Morgan fingerprint density at radius 2 is 0.537 bits per heavy atom. The van der Waals surface area contributed by atoms with E-state index in [0.29, 0.717) is 5.82 Å². The molecule has 0 bridgehead atoms. The van der Waals surface area contributed by atoms with Crippen LogP contribution in [0, 0.1) is 0 Å². The van der Waals surface area contributed by atoms with Crippen LogP contribution < -0.4 is 0 Å². The molecule has 0 aliphatic rings. The molecule has 0 aliphatic heterocycles. The van der Waals surface area contributed by atoms with Crippen molar-refractivity contribution in [3.8, 4) is 90.1 Å². The SMILES string of the molecule is c1ccc(-c2cc(-c3ccccc3)nc(-c3ccc(-c4cccc(-c5nc(-c6ccccc6)c(-c6ccccc6)nc5-c5ccccc5)c4)cc3)n2)cc1. The molecule has 0 saturated carbocycles. The summed E-state index contributed by atoms with van der Waals surface area (Å²) in [4.78, 5) is 20.9. The molecule has 2 heterocycles. The van der Waals surface area contributed by atoms with Gasteiger partial charge in [0.25, 0.3) is 0 Å². The number of hydrogen-bond donors (Lipinski definition) is 0. The Labute approximate surface area is 315 Å². The summed E-state index contributed by atoms with van der Waals surface area (Å²) >= 11 is 0. The molecule has 0 atom stereocenters. The van der Waals surface area contributed by atoms with Crippen LogP contribution in [0.2, 0.25) is 0 Å². The third kappa shape index (κ3) is 6.72. The second-order valence-electron chi connectivity index (χ2n) is 13.1. The summed E-state index contributed by atoms with van der Waals surface area (Å²) in [5, 5.41) is 0. The topological polar surface area (TPSA) is 51.6 Å². The molecule has 4 nitrogen and oxygen atoms in total. The van der Waals surface area contributed by atoms with Crippen LogP contribution in [0.5, 0.6) is 0 Å². The van der Waals surface area contributed by atoms with E-state index in [4.69, 9.17) is 19.9 Å². The van der Waals surface area contributed by atoms with Crippen LogP contribution in [0.15, 0.2) is 206 Å². The Bertz CT molecular complexity index is 2600. The van der Waals surface area contributed by atoms with Crippen LogP contribution in [0.4, 0.5) is 0 Å². The largest absolute Gasteiger partial charge is 0.243 e. The van der Waals surface area contributed by atoms with E-state index in [1.165, 1.54) is 0 Å². The fourth-order valence-electron chi connectivity index (χ4n) is 6.78. The number of hydrogen-bond acceptors (Lipinski definition) is 4. The van der Waals surface area contributed by atoms with Crippen molar-refractivity contribution in [2.75, 3.05) is 0 Å². The maximum Gasteiger partial charge on any atom is 0.160 e. The standard InChI is InChI=1S/C50H34N4/c1-6-17-36(18-7-1)44-34-45(37-19-8-2-9-20-37)52-50(51-44)41-31-29-35(30-32-41)42-27-16-28-43(33-42)49-48(40-25-14-5-15-26-40)53-46(38-21-10-3-11-22-38)47(54-49)39-23-12-4-13-24-39/h1-34H. The molecule has 7 aromatic carbocycles. The van der Waals surface area contributed by atoms with Crippen molar-refractivity contribution in [1.82, 2.24) is 19.9 Å². The number of aromatic nitrogens is 4. The minimum absolute atomic E-state index is 0.685. The van der Waals surface area contributed by atoms with Crippen LogP contribution in [0.1, 0.15) is 0 Å². The quantitative estimate of drug-likeness (QED) is 0.159. The highest BCUT2D eigenvalue weighted by Gasteiger charge is 2.20. The van der Waals surface area contributed by atoms with E-state index in [1.807, 2.05) is 91.0 Å². The van der Waals surface area contributed by atoms with Gasteiger partial charge in [-0.3, -0.25) is 0 Å². The van der Waals surface area contributed by atoms with Gasteiger partial charge in [-0.2, -0.15) is 0 Å². The molecule has 4 heteroatoms. The van der Waals surface area contributed by atoms with Crippen LogP contribution in [0.3, 0.4) is 0 Å². The van der Waals surface area contributed by atoms with Gasteiger partial charge in [-0.05, 0) is 23.3 Å². The van der Waals surface area contributed by atoms with Gasteiger partial charge in [-0.1, -0.05) is 194 Å². The fourth-order valence-corrected chi connectivity index (χ4v) is 6.78. The molecule has 0 radical (unpaired) electrons. The summed E-state index contributed by atoms with van der Waals surface area (Å²) < 4.78 is 0. The molecule has 9 aromatic rings. The highest BCUT2D eigenvalue weighted by atomic mass is 14.9. The fraction of sp³-hybridized carbons (Fsp3) is 0. The van der Waals surface area contributed by atoms with Gasteiger partial charge in [-0.25, -0.2) is 19.9 Å². The summed E-state index contributed by atoms with van der Waals surface area (Å²) in [5.41, 5.74) is 14.4. The molecule has 9 rings (SSSR count).